The number of rotatable bonds is 5. The van der Waals surface area contributed by atoms with E-state index in [4.69, 9.17) is 0 Å². The van der Waals surface area contributed by atoms with Crippen molar-refractivity contribution in [2.24, 2.45) is 0 Å². The highest BCUT2D eigenvalue weighted by Crippen LogP contribution is 2.17. The Morgan fingerprint density at radius 3 is 2.60 bits per heavy atom. The Balaban J connectivity index is 2.03. The van der Waals surface area contributed by atoms with Gasteiger partial charge in [-0.2, -0.15) is 0 Å². The summed E-state index contributed by atoms with van der Waals surface area (Å²) in [7, 11) is 4.05. The van der Waals surface area contributed by atoms with E-state index < -0.39 is 5.82 Å². The van der Waals surface area contributed by atoms with Crippen molar-refractivity contribution in [2.45, 2.75) is 13.1 Å². The van der Waals surface area contributed by atoms with Crippen molar-refractivity contribution in [3.63, 3.8) is 0 Å². The molecule has 0 saturated heterocycles. The quantitative estimate of drug-likeness (QED) is 0.879. The molecule has 106 valence electrons. The second kappa shape index (κ2) is 6.39. The van der Waals surface area contributed by atoms with E-state index in [2.05, 4.69) is 22.3 Å². The third-order valence-electron chi connectivity index (χ3n) is 2.86. The normalized spacial score (nSPS) is 10.8. The minimum absolute atomic E-state index is 0.0526. The summed E-state index contributed by atoms with van der Waals surface area (Å²) < 4.78 is 13.2. The standard InChI is InChI=1S/C16H19FN2O/c1-19(2)11-12-4-3-5-15(7-12)18-10-13-6-14(17)9-16(20)8-13/h3-9,18,20H,10-11H2,1-2H3. The van der Waals surface area contributed by atoms with E-state index in [-0.39, 0.29) is 5.75 Å². The minimum atomic E-state index is -0.428. The van der Waals surface area contributed by atoms with E-state index >= 15 is 0 Å². The summed E-state index contributed by atoms with van der Waals surface area (Å²) >= 11 is 0. The maximum atomic E-state index is 13.2. The van der Waals surface area contributed by atoms with E-state index in [0.717, 1.165) is 18.3 Å². The van der Waals surface area contributed by atoms with Crippen LogP contribution in [-0.2, 0) is 13.1 Å². The molecule has 0 bridgehead atoms. The first-order chi connectivity index (χ1) is 9.52. The molecule has 0 aliphatic carbocycles. The molecule has 0 radical (unpaired) electrons. The Labute approximate surface area is 118 Å². The van der Waals surface area contributed by atoms with Gasteiger partial charge in [0, 0.05) is 24.8 Å². The van der Waals surface area contributed by atoms with Crippen LogP contribution in [0.4, 0.5) is 10.1 Å². The molecule has 0 saturated carbocycles. The number of halogens is 1. The van der Waals surface area contributed by atoms with Crippen LogP contribution in [0.15, 0.2) is 42.5 Å². The van der Waals surface area contributed by atoms with Gasteiger partial charge in [0.05, 0.1) is 0 Å². The molecule has 0 aliphatic heterocycles. The molecule has 0 aliphatic rings. The van der Waals surface area contributed by atoms with Gasteiger partial charge in [0.1, 0.15) is 11.6 Å². The van der Waals surface area contributed by atoms with E-state index in [9.17, 15) is 9.50 Å². The van der Waals surface area contributed by atoms with Crippen LogP contribution in [0.1, 0.15) is 11.1 Å². The molecule has 0 spiro atoms. The van der Waals surface area contributed by atoms with E-state index in [1.54, 1.807) is 6.07 Å². The number of nitrogens with one attached hydrogen (secondary N) is 1. The first kappa shape index (κ1) is 14.3. The first-order valence-electron chi connectivity index (χ1n) is 6.49. The zero-order chi connectivity index (χ0) is 14.5. The molecule has 0 atom stereocenters. The third kappa shape index (κ3) is 4.24. The van der Waals surface area contributed by atoms with Crippen molar-refractivity contribution >= 4 is 5.69 Å². The smallest absolute Gasteiger partial charge is 0.127 e. The Morgan fingerprint density at radius 1 is 1.10 bits per heavy atom. The number of phenols is 1. The predicted molar refractivity (Wildman–Crippen MR) is 79.2 cm³/mol. The van der Waals surface area contributed by atoms with Crippen LogP contribution in [0.5, 0.6) is 5.75 Å². The van der Waals surface area contributed by atoms with Gasteiger partial charge in [-0.1, -0.05) is 12.1 Å². The first-order valence-corrected chi connectivity index (χ1v) is 6.49. The van der Waals surface area contributed by atoms with Gasteiger partial charge in [0.25, 0.3) is 0 Å². The zero-order valence-corrected chi connectivity index (χ0v) is 11.7. The number of phenolic OH excluding ortho intramolecular Hbond substituents is 1. The molecule has 2 rings (SSSR count). The second-order valence-corrected chi connectivity index (χ2v) is 5.11. The molecular formula is C16H19FN2O. The second-order valence-electron chi connectivity index (χ2n) is 5.11. The summed E-state index contributed by atoms with van der Waals surface area (Å²) in [6, 6.07) is 12.2. The van der Waals surface area contributed by atoms with Crippen molar-refractivity contribution in [1.29, 1.82) is 0 Å². The summed E-state index contributed by atoms with van der Waals surface area (Å²) in [5, 5.41) is 12.6. The predicted octanol–water partition coefficient (Wildman–Crippen LogP) is 3.21. The monoisotopic (exact) mass is 274 g/mol. The molecule has 0 fully saturated rings. The Kier molecular flexibility index (Phi) is 4.58. The molecule has 0 aromatic heterocycles. The number of nitrogens with zero attached hydrogens (tertiary/aromatic N) is 1. The van der Waals surface area contributed by atoms with Crippen LogP contribution in [0.2, 0.25) is 0 Å². The van der Waals surface area contributed by atoms with Gasteiger partial charge in [-0.3, -0.25) is 0 Å². The number of anilines is 1. The number of benzene rings is 2. The van der Waals surface area contributed by atoms with E-state index in [0.29, 0.717) is 12.1 Å². The van der Waals surface area contributed by atoms with Gasteiger partial charge in [-0.25, -0.2) is 4.39 Å². The minimum Gasteiger partial charge on any atom is -0.508 e. The summed E-state index contributed by atoms with van der Waals surface area (Å²) in [5.74, 6) is -0.480. The highest BCUT2D eigenvalue weighted by Gasteiger charge is 2.01. The van der Waals surface area contributed by atoms with Gasteiger partial charge in [0.15, 0.2) is 0 Å². The fraction of sp³-hybridized carbons (Fsp3) is 0.250. The summed E-state index contributed by atoms with van der Waals surface area (Å²) in [5.41, 5.74) is 2.90. The largest absolute Gasteiger partial charge is 0.508 e. The molecule has 3 nitrogen and oxygen atoms in total. The van der Waals surface area contributed by atoms with Crippen LogP contribution in [0, 0.1) is 5.82 Å². The highest BCUT2D eigenvalue weighted by atomic mass is 19.1. The lowest BCUT2D eigenvalue weighted by Gasteiger charge is -2.12. The maximum absolute atomic E-state index is 13.2. The fourth-order valence-electron chi connectivity index (χ4n) is 2.08. The zero-order valence-electron chi connectivity index (χ0n) is 11.7. The molecule has 2 aromatic rings. The Bertz CT molecular complexity index is 564. The average Bonchev–Trinajstić information content (AvgIpc) is 2.35. The summed E-state index contributed by atoms with van der Waals surface area (Å²) in [6.07, 6.45) is 0. The lowest BCUT2D eigenvalue weighted by molar-refractivity contribution is 0.402. The molecular weight excluding hydrogens is 255 g/mol. The number of hydrogen-bond donors (Lipinski definition) is 2. The third-order valence-corrected chi connectivity index (χ3v) is 2.86. The Morgan fingerprint density at radius 2 is 1.90 bits per heavy atom. The molecule has 4 heteroatoms. The topological polar surface area (TPSA) is 35.5 Å². The molecule has 20 heavy (non-hydrogen) atoms. The van der Waals surface area contributed by atoms with Crippen molar-refractivity contribution in [3.05, 3.63) is 59.4 Å². The van der Waals surface area contributed by atoms with Crippen molar-refractivity contribution in [2.75, 3.05) is 19.4 Å². The molecule has 0 heterocycles. The van der Waals surface area contributed by atoms with Crippen LogP contribution >= 0.6 is 0 Å². The van der Waals surface area contributed by atoms with Crippen LogP contribution in [0.25, 0.3) is 0 Å². The van der Waals surface area contributed by atoms with Crippen LogP contribution in [0.3, 0.4) is 0 Å². The summed E-state index contributed by atoms with van der Waals surface area (Å²) in [4.78, 5) is 2.10. The van der Waals surface area contributed by atoms with Gasteiger partial charge < -0.3 is 15.3 Å². The highest BCUT2D eigenvalue weighted by molar-refractivity contribution is 5.46. The van der Waals surface area contributed by atoms with E-state index in [1.165, 1.54) is 11.6 Å². The number of aromatic hydroxyl groups is 1. The summed E-state index contributed by atoms with van der Waals surface area (Å²) in [6.45, 7) is 1.34. The molecule has 2 aromatic carbocycles. The lowest BCUT2D eigenvalue weighted by Crippen LogP contribution is -2.10. The average molecular weight is 274 g/mol. The van der Waals surface area contributed by atoms with Crippen molar-refractivity contribution < 1.29 is 9.50 Å². The number of hydrogen-bond acceptors (Lipinski definition) is 3. The molecule has 2 N–H and O–H groups in total. The maximum Gasteiger partial charge on any atom is 0.127 e. The van der Waals surface area contributed by atoms with E-state index in [1.807, 2.05) is 26.2 Å². The van der Waals surface area contributed by atoms with Gasteiger partial charge in [0.2, 0.25) is 0 Å². The Hall–Kier alpha value is -2.07. The van der Waals surface area contributed by atoms with Gasteiger partial charge in [-0.15, -0.1) is 0 Å². The fourth-order valence-corrected chi connectivity index (χ4v) is 2.08. The van der Waals surface area contributed by atoms with Crippen molar-refractivity contribution in [3.8, 4) is 5.75 Å². The van der Waals surface area contributed by atoms with Crippen molar-refractivity contribution in [1.82, 2.24) is 4.90 Å². The van der Waals surface area contributed by atoms with Crippen LogP contribution < -0.4 is 5.32 Å². The van der Waals surface area contributed by atoms with Crippen LogP contribution in [-0.4, -0.2) is 24.1 Å². The molecule has 0 amide bonds. The SMILES string of the molecule is CN(C)Cc1cccc(NCc2cc(O)cc(F)c2)c1. The van der Waals surface area contributed by atoms with Gasteiger partial charge >= 0.3 is 0 Å². The van der Waals surface area contributed by atoms with Gasteiger partial charge in [-0.05, 0) is 49.5 Å². The lowest BCUT2D eigenvalue weighted by atomic mass is 10.1. The molecule has 0 unspecified atom stereocenters.